The second kappa shape index (κ2) is 5.03. The lowest BCUT2D eigenvalue weighted by Gasteiger charge is -2.36. The third-order valence-corrected chi connectivity index (χ3v) is 3.89. The van der Waals surface area contributed by atoms with Crippen molar-refractivity contribution in [3.63, 3.8) is 0 Å². The first kappa shape index (κ1) is 13.6. The number of hydrogen-bond acceptors (Lipinski definition) is 4. The summed E-state index contributed by atoms with van der Waals surface area (Å²) >= 11 is 0. The average molecular weight is 266 g/mol. The molecule has 19 heavy (non-hydrogen) atoms. The maximum absolute atomic E-state index is 12.1. The summed E-state index contributed by atoms with van der Waals surface area (Å²) in [5.74, 6) is -0.513. The highest BCUT2D eigenvalue weighted by atomic mass is 16.5. The molecular weight excluding hydrogens is 248 g/mol. The van der Waals surface area contributed by atoms with Crippen molar-refractivity contribution < 1.29 is 19.2 Å². The van der Waals surface area contributed by atoms with Crippen molar-refractivity contribution in [1.29, 1.82) is 0 Å². The predicted molar refractivity (Wildman–Crippen MR) is 66.7 cm³/mol. The van der Waals surface area contributed by atoms with Crippen molar-refractivity contribution in [2.45, 2.75) is 45.1 Å². The summed E-state index contributed by atoms with van der Waals surface area (Å²) in [5.41, 5.74) is -0.868. The zero-order chi connectivity index (χ0) is 14.0. The van der Waals surface area contributed by atoms with Crippen molar-refractivity contribution >= 4 is 11.9 Å². The highest BCUT2D eigenvalue weighted by molar-refractivity contribution is 5.98. The van der Waals surface area contributed by atoms with Gasteiger partial charge in [-0.2, -0.15) is 0 Å². The summed E-state index contributed by atoms with van der Waals surface area (Å²) in [6.07, 6.45) is 3.83. The number of hydrogen-bond donors (Lipinski definition) is 2. The summed E-state index contributed by atoms with van der Waals surface area (Å²) in [4.78, 5) is 23.6. The van der Waals surface area contributed by atoms with E-state index in [0.717, 1.165) is 12.8 Å². The average Bonchev–Trinajstić information content (AvgIpc) is 2.78. The molecule has 0 saturated heterocycles. The molecule has 2 N–H and O–H groups in total. The van der Waals surface area contributed by atoms with Gasteiger partial charge in [-0.15, -0.1) is 0 Å². The molecular formula is C13H18N2O4. The van der Waals surface area contributed by atoms with Gasteiger partial charge in [0, 0.05) is 0 Å². The molecule has 0 unspecified atom stereocenters. The topological polar surface area (TPSA) is 92.4 Å². The van der Waals surface area contributed by atoms with Crippen LogP contribution in [-0.2, 0) is 4.79 Å². The maximum Gasteiger partial charge on any atom is 0.329 e. The van der Waals surface area contributed by atoms with Crippen LogP contribution < -0.4 is 5.32 Å². The third kappa shape index (κ3) is 2.62. The summed E-state index contributed by atoms with van der Waals surface area (Å²) < 4.78 is 4.83. The number of nitrogens with zero attached hydrogens (tertiary/aromatic N) is 1. The van der Waals surface area contributed by atoms with E-state index in [-0.39, 0.29) is 0 Å². The van der Waals surface area contributed by atoms with Gasteiger partial charge in [0.05, 0.1) is 6.20 Å². The SMILES string of the molecule is Cc1oncc1C(=O)NC1(C(=O)O)CCC(C)CC1. The van der Waals surface area contributed by atoms with Crippen LogP contribution in [0.1, 0.15) is 48.7 Å². The Bertz CT molecular complexity index is 487. The van der Waals surface area contributed by atoms with Crippen molar-refractivity contribution in [2.24, 2.45) is 5.92 Å². The number of carbonyl (C=O) groups excluding carboxylic acids is 1. The molecule has 104 valence electrons. The van der Waals surface area contributed by atoms with Crippen LogP contribution in [0.5, 0.6) is 0 Å². The van der Waals surface area contributed by atoms with Crippen LogP contribution in [0.2, 0.25) is 0 Å². The van der Waals surface area contributed by atoms with Gasteiger partial charge in [-0.1, -0.05) is 12.1 Å². The Labute approximate surface area is 111 Å². The van der Waals surface area contributed by atoms with E-state index in [0.29, 0.717) is 30.1 Å². The van der Waals surface area contributed by atoms with Crippen LogP contribution in [0.25, 0.3) is 0 Å². The molecule has 2 rings (SSSR count). The molecule has 1 amide bonds. The number of amides is 1. The Hall–Kier alpha value is -1.85. The quantitative estimate of drug-likeness (QED) is 0.869. The normalized spacial score (nSPS) is 26.9. The lowest BCUT2D eigenvalue weighted by Crippen LogP contribution is -2.56. The molecule has 1 aromatic rings. The number of rotatable bonds is 3. The summed E-state index contributed by atoms with van der Waals surface area (Å²) in [6.45, 7) is 3.72. The number of carbonyl (C=O) groups is 2. The van der Waals surface area contributed by atoms with Gasteiger partial charge in [0.1, 0.15) is 16.9 Å². The molecule has 1 aliphatic carbocycles. The molecule has 1 aliphatic rings. The fourth-order valence-corrected chi connectivity index (χ4v) is 2.45. The highest BCUT2D eigenvalue weighted by Gasteiger charge is 2.42. The van der Waals surface area contributed by atoms with Gasteiger partial charge >= 0.3 is 5.97 Å². The van der Waals surface area contributed by atoms with E-state index in [2.05, 4.69) is 17.4 Å². The Morgan fingerprint density at radius 3 is 2.58 bits per heavy atom. The van der Waals surface area contributed by atoms with Crippen LogP contribution in [-0.4, -0.2) is 27.7 Å². The molecule has 0 spiro atoms. The molecule has 0 aliphatic heterocycles. The fourth-order valence-electron chi connectivity index (χ4n) is 2.45. The Morgan fingerprint density at radius 1 is 1.47 bits per heavy atom. The first-order valence-electron chi connectivity index (χ1n) is 6.42. The molecule has 1 saturated carbocycles. The first-order chi connectivity index (χ1) is 8.94. The molecule has 0 atom stereocenters. The Kier molecular flexibility index (Phi) is 3.59. The first-order valence-corrected chi connectivity index (χ1v) is 6.42. The third-order valence-electron chi connectivity index (χ3n) is 3.89. The van der Waals surface area contributed by atoms with Crippen LogP contribution in [0.15, 0.2) is 10.7 Å². The number of nitrogens with one attached hydrogen (secondary N) is 1. The molecule has 1 heterocycles. The van der Waals surface area contributed by atoms with E-state index >= 15 is 0 Å². The van der Waals surface area contributed by atoms with Crippen molar-refractivity contribution in [2.75, 3.05) is 0 Å². The summed E-state index contributed by atoms with van der Waals surface area (Å²) in [6, 6.07) is 0. The monoisotopic (exact) mass is 266 g/mol. The maximum atomic E-state index is 12.1. The molecule has 1 fully saturated rings. The minimum Gasteiger partial charge on any atom is -0.480 e. The predicted octanol–water partition coefficient (Wildman–Crippen LogP) is 1.75. The molecule has 6 heteroatoms. The van der Waals surface area contributed by atoms with E-state index in [9.17, 15) is 14.7 Å². The second-order valence-electron chi connectivity index (χ2n) is 5.32. The van der Waals surface area contributed by atoms with Gasteiger partial charge in [0.25, 0.3) is 5.91 Å². The number of carboxylic acids is 1. The molecule has 1 aromatic heterocycles. The molecule has 0 bridgehead atoms. The number of aliphatic carboxylic acids is 1. The van der Waals surface area contributed by atoms with E-state index < -0.39 is 17.4 Å². The lowest BCUT2D eigenvalue weighted by atomic mass is 9.77. The van der Waals surface area contributed by atoms with Crippen LogP contribution in [0.3, 0.4) is 0 Å². The smallest absolute Gasteiger partial charge is 0.329 e. The number of carboxylic acid groups (broad SMARTS) is 1. The molecule has 0 aromatic carbocycles. The molecule has 6 nitrogen and oxygen atoms in total. The highest BCUT2D eigenvalue weighted by Crippen LogP contribution is 2.32. The number of aryl methyl sites for hydroxylation is 1. The Balaban J connectivity index is 2.16. The van der Waals surface area contributed by atoms with Gasteiger partial charge in [-0.05, 0) is 38.5 Å². The van der Waals surface area contributed by atoms with Crippen LogP contribution in [0, 0.1) is 12.8 Å². The summed E-state index contributed by atoms with van der Waals surface area (Å²) in [7, 11) is 0. The summed E-state index contributed by atoms with van der Waals surface area (Å²) in [5, 5.41) is 15.6. The van der Waals surface area contributed by atoms with Crippen LogP contribution >= 0.6 is 0 Å². The van der Waals surface area contributed by atoms with Crippen molar-refractivity contribution in [1.82, 2.24) is 10.5 Å². The molecule has 0 radical (unpaired) electrons. The van der Waals surface area contributed by atoms with Crippen LogP contribution in [0.4, 0.5) is 0 Å². The zero-order valence-corrected chi connectivity index (χ0v) is 11.1. The fraction of sp³-hybridized carbons (Fsp3) is 0.615. The lowest BCUT2D eigenvalue weighted by molar-refractivity contribution is -0.146. The Morgan fingerprint density at radius 2 is 2.11 bits per heavy atom. The van der Waals surface area contributed by atoms with Gasteiger partial charge in [0.2, 0.25) is 0 Å². The van der Waals surface area contributed by atoms with Crippen molar-refractivity contribution in [3.05, 3.63) is 17.5 Å². The van der Waals surface area contributed by atoms with Gasteiger partial charge in [-0.3, -0.25) is 4.79 Å². The van der Waals surface area contributed by atoms with E-state index in [1.807, 2.05) is 0 Å². The number of aromatic nitrogens is 1. The minimum absolute atomic E-state index is 0.291. The minimum atomic E-state index is -1.16. The second-order valence-corrected chi connectivity index (χ2v) is 5.32. The largest absolute Gasteiger partial charge is 0.480 e. The van der Waals surface area contributed by atoms with Gasteiger partial charge < -0.3 is 14.9 Å². The van der Waals surface area contributed by atoms with E-state index in [4.69, 9.17) is 4.52 Å². The zero-order valence-electron chi connectivity index (χ0n) is 11.1. The van der Waals surface area contributed by atoms with Crippen molar-refractivity contribution in [3.8, 4) is 0 Å². The van der Waals surface area contributed by atoms with Gasteiger partial charge in [-0.25, -0.2) is 4.79 Å². The van der Waals surface area contributed by atoms with E-state index in [1.54, 1.807) is 6.92 Å². The van der Waals surface area contributed by atoms with Gasteiger partial charge in [0.15, 0.2) is 0 Å². The standard InChI is InChI=1S/C13H18N2O4/c1-8-3-5-13(6-4-8,12(17)18)15-11(16)10-7-14-19-9(10)2/h7-8H,3-6H2,1-2H3,(H,15,16)(H,17,18). The van der Waals surface area contributed by atoms with E-state index in [1.165, 1.54) is 6.20 Å².